The van der Waals surface area contributed by atoms with E-state index in [9.17, 15) is 4.46 Å². The van der Waals surface area contributed by atoms with Gasteiger partial charge in [0.25, 0.3) is 0 Å². The monoisotopic (exact) mass is 521 g/mol. The Hall–Kier alpha value is -1.89. The van der Waals surface area contributed by atoms with Gasteiger partial charge in [0.15, 0.2) is 0 Å². The van der Waals surface area contributed by atoms with E-state index >= 15 is 0 Å². The molecule has 2 aromatic carbocycles. The van der Waals surface area contributed by atoms with Gasteiger partial charge in [0, 0.05) is 11.6 Å². The van der Waals surface area contributed by atoms with Crippen molar-refractivity contribution in [1.29, 1.82) is 0 Å². The van der Waals surface area contributed by atoms with E-state index in [1.807, 2.05) is 0 Å². The minimum absolute atomic E-state index is 0.0103. The van der Waals surface area contributed by atoms with Crippen molar-refractivity contribution in [1.82, 2.24) is 11.7 Å². The van der Waals surface area contributed by atoms with Gasteiger partial charge >= 0.3 is 64.2 Å². The Morgan fingerprint density at radius 1 is 0.943 bits per heavy atom. The van der Waals surface area contributed by atoms with Crippen LogP contribution in [0.1, 0.15) is 62.4 Å². The summed E-state index contributed by atoms with van der Waals surface area (Å²) in [5, 5.41) is 0. The third-order valence-corrected chi connectivity index (χ3v) is 8.19. The van der Waals surface area contributed by atoms with E-state index < -0.39 is 9.57 Å². The van der Waals surface area contributed by atoms with Crippen LogP contribution in [0.5, 0.6) is 0 Å². The maximum absolute atomic E-state index is 11.5. The van der Waals surface area contributed by atoms with Crippen LogP contribution in [0.2, 0.25) is 0 Å². The molecule has 0 saturated heterocycles. The van der Waals surface area contributed by atoms with Crippen LogP contribution in [0.4, 0.5) is 0 Å². The first-order valence-electron chi connectivity index (χ1n) is 12.1. The normalized spacial score (nSPS) is 16.9. The van der Waals surface area contributed by atoms with Crippen LogP contribution in [-0.4, -0.2) is 44.5 Å². The number of nitrogens with zero attached hydrogens (tertiary/aromatic N) is 2. The minimum atomic E-state index is -1.04. The molecular formula is C29H39N3OSiTi. The van der Waals surface area contributed by atoms with E-state index in [1.165, 1.54) is 44.5 Å². The quantitative estimate of drug-likeness (QED) is 0.539. The Labute approximate surface area is 223 Å². The fraction of sp³-hybridized carbons (Fsp3) is 0.379. The van der Waals surface area contributed by atoms with Gasteiger partial charge in [-0.3, -0.25) is 0 Å². The molecule has 184 valence electrons. The van der Waals surface area contributed by atoms with Gasteiger partial charge in [-0.25, -0.2) is 0 Å². The van der Waals surface area contributed by atoms with Gasteiger partial charge in [-0.05, 0) is 62.4 Å². The van der Waals surface area contributed by atoms with E-state index in [4.69, 9.17) is 0 Å². The summed E-state index contributed by atoms with van der Waals surface area (Å²) in [4.78, 5) is 3.18. The zero-order chi connectivity index (χ0) is 26.1. The fourth-order valence-corrected chi connectivity index (χ4v) is 7.10. The first-order valence-corrected chi connectivity index (χ1v) is 14.5. The topological polar surface area (TPSA) is 35.6 Å². The van der Waals surface area contributed by atoms with E-state index in [1.54, 1.807) is 0 Å². The number of hydrogen-bond donors (Lipinski definition) is 1. The van der Waals surface area contributed by atoms with Gasteiger partial charge in [0.1, 0.15) is 0 Å². The zero-order valence-corrected chi connectivity index (χ0v) is 25.4. The van der Waals surface area contributed by atoms with Gasteiger partial charge in [0.2, 0.25) is 0 Å². The predicted octanol–water partition coefficient (Wildman–Crippen LogP) is 5.50. The molecular weight excluding hydrogens is 482 g/mol. The molecule has 4 rings (SSSR count). The summed E-state index contributed by atoms with van der Waals surface area (Å²) in [5.74, 6) is 0.176. The number of hydrogen-bond acceptors (Lipinski definition) is 3. The molecule has 0 radical (unpaired) electrons. The number of nitrogens with one attached hydrogen (secondary N) is 1. The van der Waals surface area contributed by atoms with Crippen LogP contribution in [0, 0.1) is 5.92 Å². The Morgan fingerprint density at radius 3 is 2.03 bits per heavy atom. The molecule has 0 amide bonds. The van der Waals surface area contributed by atoms with E-state index in [0.29, 0.717) is 0 Å². The molecule has 2 aromatic rings. The van der Waals surface area contributed by atoms with Crippen LogP contribution in [0.25, 0.3) is 16.7 Å². The molecule has 6 heteroatoms. The van der Waals surface area contributed by atoms with Crippen molar-refractivity contribution in [3.8, 4) is 0 Å². The Morgan fingerprint density at radius 2 is 1.51 bits per heavy atom. The summed E-state index contributed by atoms with van der Waals surface area (Å²) in [5.41, 5.74) is 12.2. The summed E-state index contributed by atoms with van der Waals surface area (Å²) < 4.78 is 16.0. The number of fused-ring (bicyclic) bond motifs is 4. The second-order valence-electron chi connectivity index (χ2n) is 10.7. The fourth-order valence-electron chi connectivity index (χ4n) is 5.26. The summed E-state index contributed by atoms with van der Waals surface area (Å²) in [6.45, 7) is 15.7. The Kier molecular flexibility index (Phi) is 8.72. The average molecular weight is 522 g/mol. The zero-order valence-electron chi connectivity index (χ0n) is 22.7. The van der Waals surface area contributed by atoms with Crippen LogP contribution in [0.15, 0.2) is 60.3 Å². The van der Waals surface area contributed by atoms with Crippen molar-refractivity contribution >= 4 is 26.3 Å². The van der Waals surface area contributed by atoms with Gasteiger partial charge in [-0.1, -0.05) is 76.7 Å². The van der Waals surface area contributed by atoms with E-state index in [2.05, 4.69) is 124 Å². The molecule has 4 nitrogen and oxygen atoms in total. The SMILES string of the molecule is C=C1c2ccccc2C2=C(C(C)=C(N[SiH]=O)C2C)c2cccc(C(C)(C)C)c21.C[N](C)[Ti][N](C)C. The predicted molar refractivity (Wildman–Crippen MR) is 147 cm³/mol. The second kappa shape index (κ2) is 11.0. The molecule has 2 aliphatic rings. The van der Waals surface area contributed by atoms with E-state index in [-0.39, 0.29) is 31.0 Å². The molecule has 1 atom stereocenters. The molecule has 35 heavy (non-hydrogen) atoms. The number of rotatable bonds is 4. The van der Waals surface area contributed by atoms with Crippen LogP contribution >= 0.6 is 0 Å². The Balaban J connectivity index is 0.000000429. The van der Waals surface area contributed by atoms with Gasteiger partial charge < -0.3 is 9.44 Å². The molecule has 1 N–H and O–H groups in total. The maximum atomic E-state index is 11.5. The van der Waals surface area contributed by atoms with E-state index in [0.717, 1.165) is 11.3 Å². The van der Waals surface area contributed by atoms with Gasteiger partial charge in [-0.15, -0.1) is 0 Å². The summed E-state index contributed by atoms with van der Waals surface area (Å²) in [6, 6.07) is 15.2. The molecule has 0 heterocycles. The summed E-state index contributed by atoms with van der Waals surface area (Å²) in [7, 11) is 7.41. The second-order valence-corrected chi connectivity index (χ2v) is 14.3. The summed E-state index contributed by atoms with van der Waals surface area (Å²) >= 11 is 0.0556. The van der Waals surface area contributed by atoms with Crippen molar-refractivity contribution in [2.24, 2.45) is 5.92 Å². The molecule has 2 aliphatic carbocycles. The van der Waals surface area contributed by atoms with Crippen molar-refractivity contribution in [3.05, 3.63) is 88.1 Å². The first-order chi connectivity index (χ1) is 16.4. The molecule has 0 spiro atoms. The van der Waals surface area contributed by atoms with Crippen molar-refractivity contribution in [3.63, 3.8) is 0 Å². The van der Waals surface area contributed by atoms with Gasteiger partial charge in [-0.2, -0.15) is 0 Å². The molecule has 0 aliphatic heterocycles. The van der Waals surface area contributed by atoms with Crippen molar-refractivity contribution < 1.29 is 24.1 Å². The standard InChI is InChI=1S/C25H27NOSi.2C2H6N.Ti/c1-14-17-10-7-8-11-18(17)22-15(2)24(26-28-27)16(3)23(22)19-12-9-13-20(21(14)19)25(4,5)6;2*1-3-2;/h7-13,15,26,28H,1H2,2-6H3;2*1-2H3;/q;2*-1;+2. The molecule has 0 aromatic heterocycles. The molecule has 1 unspecified atom stereocenters. The average Bonchev–Trinajstić information content (AvgIpc) is 2.94. The molecule has 0 fully saturated rings. The molecule has 0 bridgehead atoms. The van der Waals surface area contributed by atoms with Crippen LogP contribution in [-0.2, 0) is 29.5 Å². The Bertz CT molecular complexity index is 1200. The molecule has 0 saturated carbocycles. The first kappa shape index (κ1) is 27.7. The summed E-state index contributed by atoms with van der Waals surface area (Å²) in [6.07, 6.45) is 0. The van der Waals surface area contributed by atoms with Crippen LogP contribution in [0.3, 0.4) is 0 Å². The number of allylic oxidation sites excluding steroid dienone is 3. The van der Waals surface area contributed by atoms with Crippen molar-refractivity contribution in [2.75, 3.05) is 28.2 Å². The number of benzene rings is 2. The van der Waals surface area contributed by atoms with Gasteiger partial charge in [0.05, 0.1) is 0 Å². The van der Waals surface area contributed by atoms with Crippen molar-refractivity contribution in [2.45, 2.75) is 40.0 Å². The third kappa shape index (κ3) is 5.60. The third-order valence-electron chi connectivity index (χ3n) is 6.51. The van der Waals surface area contributed by atoms with Crippen LogP contribution < -0.4 is 4.98 Å².